The molecule has 0 atom stereocenters. The third kappa shape index (κ3) is 5.12. The third-order valence-corrected chi connectivity index (χ3v) is 5.87. The predicted octanol–water partition coefficient (Wildman–Crippen LogP) is 4.46. The fourth-order valence-electron chi connectivity index (χ4n) is 4.32. The van der Waals surface area contributed by atoms with E-state index in [0.29, 0.717) is 24.8 Å². The van der Waals surface area contributed by atoms with Crippen molar-refractivity contribution in [1.82, 2.24) is 29.3 Å². The molecule has 0 aliphatic rings. The second kappa shape index (κ2) is 9.93. The Hall–Kier alpha value is -3.26. The molecule has 34 heavy (non-hydrogen) atoms. The number of aryl methyl sites for hydroxylation is 2. The van der Waals surface area contributed by atoms with Crippen LogP contribution < -0.4 is 4.74 Å². The molecule has 3 heterocycles. The molecule has 1 aromatic carbocycles. The van der Waals surface area contributed by atoms with E-state index in [1.165, 1.54) is 23.4 Å². The molecule has 0 saturated carbocycles. The first-order valence-corrected chi connectivity index (χ1v) is 11.7. The topological polar surface area (TPSA) is 60.5 Å². The van der Waals surface area contributed by atoms with Crippen molar-refractivity contribution >= 4 is 5.65 Å². The number of rotatable bonds is 9. The Balaban J connectivity index is 1.59. The van der Waals surface area contributed by atoms with Gasteiger partial charge < -0.3 is 9.64 Å². The summed E-state index contributed by atoms with van der Waals surface area (Å²) in [4.78, 5) is 2.05. The molecule has 7 nitrogen and oxygen atoms in total. The summed E-state index contributed by atoms with van der Waals surface area (Å²) in [5.41, 5.74) is 6.00. The Morgan fingerprint density at radius 2 is 1.91 bits per heavy atom. The highest BCUT2D eigenvalue weighted by molar-refractivity contribution is 5.71. The number of aromatic nitrogens is 5. The maximum Gasteiger partial charge on any atom is 0.160 e. The number of halogens is 1. The normalized spacial score (nSPS) is 11.8. The van der Waals surface area contributed by atoms with Crippen LogP contribution >= 0.6 is 0 Å². The Kier molecular flexibility index (Phi) is 6.97. The molecule has 8 heteroatoms. The van der Waals surface area contributed by atoms with Gasteiger partial charge in [0.25, 0.3) is 0 Å². The lowest BCUT2D eigenvalue weighted by atomic mass is 10.0. The van der Waals surface area contributed by atoms with Crippen LogP contribution in [0.1, 0.15) is 36.6 Å². The van der Waals surface area contributed by atoms with Gasteiger partial charge in [0.15, 0.2) is 11.5 Å². The number of nitrogens with zero attached hydrogens (tertiary/aromatic N) is 6. The summed E-state index contributed by atoms with van der Waals surface area (Å²) < 4.78 is 24.3. The highest BCUT2D eigenvalue weighted by Gasteiger charge is 2.16. The molecule has 180 valence electrons. The maximum atomic E-state index is 14.2. The molecule has 0 aliphatic heterocycles. The van der Waals surface area contributed by atoms with Gasteiger partial charge in [-0.25, -0.2) is 4.39 Å². The monoisotopic (exact) mass is 464 g/mol. The van der Waals surface area contributed by atoms with Crippen LogP contribution in [-0.4, -0.2) is 50.0 Å². The van der Waals surface area contributed by atoms with Crippen molar-refractivity contribution in [3.8, 4) is 16.9 Å². The number of hydrogen-bond acceptors (Lipinski definition) is 5. The van der Waals surface area contributed by atoms with E-state index in [2.05, 4.69) is 29.1 Å². The van der Waals surface area contributed by atoms with Crippen LogP contribution in [0, 0.1) is 18.7 Å². The molecule has 0 bridgehead atoms. The van der Waals surface area contributed by atoms with Crippen LogP contribution in [0.5, 0.6) is 5.75 Å². The Morgan fingerprint density at radius 1 is 1.12 bits per heavy atom. The van der Waals surface area contributed by atoms with Crippen LogP contribution in [0.2, 0.25) is 0 Å². The van der Waals surface area contributed by atoms with Crippen molar-refractivity contribution in [2.45, 2.75) is 40.2 Å². The van der Waals surface area contributed by atoms with Gasteiger partial charge in [0.2, 0.25) is 0 Å². The summed E-state index contributed by atoms with van der Waals surface area (Å²) in [6, 6.07) is 8.57. The van der Waals surface area contributed by atoms with E-state index in [1.54, 1.807) is 6.07 Å². The maximum absolute atomic E-state index is 14.2. The Bertz CT molecular complexity index is 1290. The lowest BCUT2D eigenvalue weighted by Crippen LogP contribution is -2.13. The third-order valence-electron chi connectivity index (χ3n) is 5.87. The average molecular weight is 465 g/mol. The largest absolute Gasteiger partial charge is 0.492 e. The Labute approximate surface area is 200 Å². The molecule has 0 unspecified atom stereocenters. The molecule has 0 spiro atoms. The van der Waals surface area contributed by atoms with E-state index in [9.17, 15) is 4.39 Å². The molecule has 4 aromatic rings. The van der Waals surface area contributed by atoms with Gasteiger partial charge in [-0.15, -0.1) is 10.2 Å². The first kappa shape index (κ1) is 23.9. The lowest BCUT2D eigenvalue weighted by molar-refractivity contribution is 0.320. The number of pyridine rings is 1. The number of hydrogen-bond donors (Lipinski definition) is 0. The van der Waals surface area contributed by atoms with Gasteiger partial charge in [-0.3, -0.25) is 9.08 Å². The lowest BCUT2D eigenvalue weighted by Gasteiger charge is -2.14. The van der Waals surface area contributed by atoms with Gasteiger partial charge in [-0.2, -0.15) is 5.10 Å². The van der Waals surface area contributed by atoms with E-state index in [4.69, 9.17) is 4.74 Å². The van der Waals surface area contributed by atoms with Crippen molar-refractivity contribution in [3.05, 3.63) is 65.1 Å². The van der Waals surface area contributed by atoms with Gasteiger partial charge in [0, 0.05) is 42.6 Å². The van der Waals surface area contributed by atoms with Crippen molar-refractivity contribution in [3.63, 3.8) is 0 Å². The molecule has 0 aliphatic carbocycles. The molecule has 0 amide bonds. The minimum atomic E-state index is -0.324. The van der Waals surface area contributed by atoms with Crippen LogP contribution in [0.25, 0.3) is 16.8 Å². The van der Waals surface area contributed by atoms with Gasteiger partial charge in [0.05, 0.1) is 18.8 Å². The van der Waals surface area contributed by atoms with Gasteiger partial charge in [0.1, 0.15) is 11.6 Å². The zero-order valence-electron chi connectivity index (χ0n) is 20.8. The molecule has 0 radical (unpaired) electrons. The summed E-state index contributed by atoms with van der Waals surface area (Å²) in [5, 5.41) is 13.2. The van der Waals surface area contributed by atoms with E-state index < -0.39 is 0 Å². The number of ether oxygens (including phenoxy) is 1. The minimum Gasteiger partial charge on any atom is -0.492 e. The standard InChI is InChI=1S/C26H33FN6O/c1-17(2)13-23-21(18(3)30-32(23)6)11-12-34-24-14-20(27)8-9-22(24)19-7-10-25-28-29-26(16-31(4)5)33(25)15-19/h7-10,14-15,17H,11-13,16H2,1-6H3. The van der Waals surface area contributed by atoms with Crippen molar-refractivity contribution in [1.29, 1.82) is 0 Å². The fourth-order valence-corrected chi connectivity index (χ4v) is 4.32. The zero-order chi connectivity index (χ0) is 24.4. The van der Waals surface area contributed by atoms with Crippen LogP contribution in [-0.2, 0) is 26.4 Å². The zero-order valence-corrected chi connectivity index (χ0v) is 20.8. The summed E-state index contributed by atoms with van der Waals surface area (Å²) in [6.45, 7) is 7.55. The number of benzene rings is 1. The first-order valence-electron chi connectivity index (χ1n) is 11.7. The molecule has 0 fully saturated rings. The van der Waals surface area contributed by atoms with Crippen LogP contribution in [0.3, 0.4) is 0 Å². The fraction of sp³-hybridized carbons (Fsp3) is 0.423. The highest BCUT2D eigenvalue weighted by Crippen LogP contribution is 2.31. The molecule has 0 N–H and O–H groups in total. The van der Waals surface area contributed by atoms with E-state index in [-0.39, 0.29) is 5.82 Å². The second-order valence-electron chi connectivity index (χ2n) is 9.47. The van der Waals surface area contributed by atoms with Gasteiger partial charge in [-0.1, -0.05) is 13.8 Å². The molecular formula is C26H33FN6O. The van der Waals surface area contributed by atoms with Crippen molar-refractivity contribution in [2.24, 2.45) is 13.0 Å². The van der Waals surface area contributed by atoms with Crippen molar-refractivity contribution in [2.75, 3.05) is 20.7 Å². The first-order chi connectivity index (χ1) is 16.2. The summed E-state index contributed by atoms with van der Waals surface area (Å²) in [7, 11) is 5.98. The molecule has 0 saturated heterocycles. The Morgan fingerprint density at radius 3 is 2.65 bits per heavy atom. The van der Waals surface area contributed by atoms with Crippen LogP contribution in [0.4, 0.5) is 4.39 Å². The summed E-state index contributed by atoms with van der Waals surface area (Å²) >= 11 is 0. The van der Waals surface area contributed by atoms with Crippen molar-refractivity contribution < 1.29 is 9.13 Å². The molecule has 4 rings (SSSR count). The second-order valence-corrected chi connectivity index (χ2v) is 9.47. The average Bonchev–Trinajstić information content (AvgIpc) is 3.27. The van der Waals surface area contributed by atoms with E-state index in [1.807, 2.05) is 60.4 Å². The van der Waals surface area contributed by atoms with Crippen LogP contribution in [0.15, 0.2) is 36.5 Å². The summed E-state index contributed by atoms with van der Waals surface area (Å²) in [5.74, 6) is 1.58. The predicted molar refractivity (Wildman–Crippen MR) is 131 cm³/mol. The minimum absolute atomic E-state index is 0.324. The highest BCUT2D eigenvalue weighted by atomic mass is 19.1. The SMILES string of the molecule is Cc1nn(C)c(CC(C)C)c1CCOc1cc(F)ccc1-c1ccc2nnc(CN(C)C)n2c1. The number of fused-ring (bicyclic) bond motifs is 1. The van der Waals surface area contributed by atoms with E-state index >= 15 is 0 Å². The molecular weight excluding hydrogens is 431 g/mol. The summed E-state index contributed by atoms with van der Waals surface area (Å²) in [6.07, 6.45) is 3.67. The smallest absolute Gasteiger partial charge is 0.160 e. The van der Waals surface area contributed by atoms with Gasteiger partial charge in [-0.05, 0) is 63.2 Å². The van der Waals surface area contributed by atoms with E-state index in [0.717, 1.165) is 41.1 Å². The quantitative estimate of drug-likeness (QED) is 0.366. The molecule has 3 aromatic heterocycles. The van der Waals surface area contributed by atoms with Gasteiger partial charge >= 0.3 is 0 Å².